The quantitative estimate of drug-likeness (QED) is 0.611. The number of benzene rings is 1. The van der Waals surface area contributed by atoms with Crippen molar-refractivity contribution in [2.24, 2.45) is 0 Å². The Kier molecular flexibility index (Phi) is 6.12. The molecule has 2 heterocycles. The number of hydrogen-bond acceptors (Lipinski definition) is 7. The van der Waals surface area contributed by atoms with Gasteiger partial charge in [-0.2, -0.15) is 0 Å². The number of aryl methyl sites for hydroxylation is 2. The van der Waals surface area contributed by atoms with E-state index in [0.717, 1.165) is 34.7 Å². The summed E-state index contributed by atoms with van der Waals surface area (Å²) >= 11 is 1.33. The number of aromatic nitrogens is 2. The Morgan fingerprint density at radius 1 is 1.14 bits per heavy atom. The number of carbonyl (C=O) groups excluding carboxylic acids is 2. The van der Waals surface area contributed by atoms with Crippen molar-refractivity contribution < 1.29 is 14.3 Å². The average molecular weight is 413 g/mol. The number of thiophene rings is 1. The molecule has 0 saturated heterocycles. The molecule has 1 N–H and O–H groups in total. The zero-order valence-corrected chi connectivity index (χ0v) is 18.0. The lowest BCUT2D eigenvalue weighted by atomic mass is 10.1. The van der Waals surface area contributed by atoms with E-state index in [1.54, 1.807) is 24.3 Å². The van der Waals surface area contributed by atoms with Crippen LogP contribution in [0.5, 0.6) is 0 Å². The maximum Gasteiger partial charge on any atom is 0.339 e. The summed E-state index contributed by atoms with van der Waals surface area (Å²) in [6, 6.07) is 6.78. The molecule has 0 bridgehead atoms. The lowest BCUT2D eigenvalue weighted by molar-refractivity contribution is 0.0602. The Hall–Kier alpha value is -3.00. The van der Waals surface area contributed by atoms with Crippen LogP contribution in [0.4, 0.5) is 11.5 Å². The van der Waals surface area contributed by atoms with Crippen molar-refractivity contribution in [1.29, 1.82) is 0 Å². The second-order valence-electron chi connectivity index (χ2n) is 6.49. The summed E-state index contributed by atoms with van der Waals surface area (Å²) in [6.45, 7) is 9.54. The number of rotatable bonds is 6. The van der Waals surface area contributed by atoms with E-state index in [1.807, 2.05) is 13.8 Å². The third kappa shape index (κ3) is 3.93. The minimum Gasteiger partial charge on any atom is -0.465 e. The highest BCUT2D eigenvalue weighted by Gasteiger charge is 2.23. The zero-order chi connectivity index (χ0) is 21.1. The first-order valence-electron chi connectivity index (χ1n) is 9.42. The highest BCUT2D eigenvalue weighted by molar-refractivity contribution is 7.20. The second kappa shape index (κ2) is 8.57. The summed E-state index contributed by atoms with van der Waals surface area (Å²) in [6.07, 6.45) is 0. The van der Waals surface area contributed by atoms with E-state index in [2.05, 4.69) is 34.0 Å². The Bertz CT molecular complexity index is 1070. The van der Waals surface area contributed by atoms with Gasteiger partial charge in [-0.1, -0.05) is 12.1 Å². The van der Waals surface area contributed by atoms with Gasteiger partial charge >= 0.3 is 5.97 Å². The van der Waals surface area contributed by atoms with Gasteiger partial charge in [0.1, 0.15) is 16.5 Å². The number of carbonyl (C=O) groups is 2. The van der Waals surface area contributed by atoms with Crippen molar-refractivity contribution >= 4 is 44.9 Å². The highest BCUT2D eigenvalue weighted by atomic mass is 32.1. The molecule has 1 aromatic carbocycles. The fraction of sp³-hybridized carbons (Fsp3) is 0.333. The summed E-state index contributed by atoms with van der Waals surface area (Å²) < 4.78 is 4.80. The first-order valence-corrected chi connectivity index (χ1v) is 10.2. The molecule has 0 atom stereocenters. The standard InChI is InChI=1S/C21H24N4O3S/c1-6-25(7-2)18-16-12(3)17(29-20(16)23-13(4)22-18)19(26)24-15-11-9-8-10-14(15)21(27)28-5/h8-11H,6-7H2,1-5H3,(H,24,26). The molecule has 1 amide bonds. The van der Waals surface area contributed by atoms with Gasteiger partial charge in [-0.3, -0.25) is 4.79 Å². The number of nitrogens with one attached hydrogen (secondary N) is 1. The minimum atomic E-state index is -0.501. The predicted molar refractivity (Wildman–Crippen MR) is 116 cm³/mol. The van der Waals surface area contributed by atoms with Crippen LogP contribution < -0.4 is 10.2 Å². The number of para-hydroxylation sites is 1. The van der Waals surface area contributed by atoms with Crippen LogP contribution in [0.25, 0.3) is 10.2 Å². The van der Waals surface area contributed by atoms with Crippen LogP contribution in [0, 0.1) is 13.8 Å². The van der Waals surface area contributed by atoms with Gasteiger partial charge in [0.05, 0.1) is 28.6 Å². The van der Waals surface area contributed by atoms with Gasteiger partial charge in [0.25, 0.3) is 5.91 Å². The van der Waals surface area contributed by atoms with Crippen LogP contribution in [0.15, 0.2) is 24.3 Å². The number of nitrogens with zero attached hydrogens (tertiary/aromatic N) is 3. The molecule has 3 rings (SSSR count). The van der Waals surface area contributed by atoms with Gasteiger partial charge in [-0.15, -0.1) is 11.3 Å². The molecule has 152 valence electrons. The number of fused-ring (bicyclic) bond motifs is 1. The fourth-order valence-corrected chi connectivity index (χ4v) is 4.37. The molecule has 3 aromatic rings. The van der Waals surface area contributed by atoms with E-state index in [1.165, 1.54) is 18.4 Å². The molecule has 0 aliphatic heterocycles. The van der Waals surface area contributed by atoms with Gasteiger partial charge < -0.3 is 15.0 Å². The number of esters is 1. The summed E-state index contributed by atoms with van der Waals surface area (Å²) in [5, 5.41) is 3.74. The monoisotopic (exact) mass is 412 g/mol. The lowest BCUT2D eigenvalue weighted by Gasteiger charge is -2.21. The van der Waals surface area contributed by atoms with Crippen LogP contribution in [0.2, 0.25) is 0 Å². The van der Waals surface area contributed by atoms with Crippen LogP contribution in [-0.2, 0) is 4.74 Å². The van der Waals surface area contributed by atoms with Gasteiger partial charge in [0, 0.05) is 13.1 Å². The molecule has 0 saturated carbocycles. The van der Waals surface area contributed by atoms with Crippen molar-refractivity contribution in [2.75, 3.05) is 30.4 Å². The van der Waals surface area contributed by atoms with Crippen molar-refractivity contribution in [3.63, 3.8) is 0 Å². The molecule has 0 spiro atoms. The van der Waals surface area contributed by atoms with Crippen molar-refractivity contribution in [2.45, 2.75) is 27.7 Å². The summed E-state index contributed by atoms with van der Waals surface area (Å²) in [5.74, 6) is 0.730. The average Bonchev–Trinajstić information content (AvgIpc) is 3.05. The van der Waals surface area contributed by atoms with Crippen LogP contribution in [0.3, 0.4) is 0 Å². The summed E-state index contributed by atoms with van der Waals surface area (Å²) in [5.41, 5.74) is 1.55. The van der Waals surface area contributed by atoms with E-state index < -0.39 is 5.97 Å². The third-order valence-electron chi connectivity index (χ3n) is 4.73. The maximum absolute atomic E-state index is 13.1. The first kappa shape index (κ1) is 20.7. The van der Waals surface area contributed by atoms with Crippen LogP contribution in [-0.4, -0.2) is 42.0 Å². The summed E-state index contributed by atoms with van der Waals surface area (Å²) in [7, 11) is 1.31. The molecule has 7 nitrogen and oxygen atoms in total. The SMILES string of the molecule is CCN(CC)c1nc(C)nc2sc(C(=O)Nc3ccccc3C(=O)OC)c(C)c12. The molecular weight excluding hydrogens is 388 g/mol. The molecule has 2 aromatic heterocycles. The summed E-state index contributed by atoms with van der Waals surface area (Å²) in [4.78, 5) is 37.7. The minimum absolute atomic E-state index is 0.287. The Morgan fingerprint density at radius 3 is 2.48 bits per heavy atom. The topological polar surface area (TPSA) is 84.4 Å². The number of hydrogen-bond donors (Lipinski definition) is 1. The number of anilines is 2. The Balaban J connectivity index is 2.05. The number of ether oxygens (including phenoxy) is 1. The van der Waals surface area contributed by atoms with E-state index in [4.69, 9.17) is 4.74 Å². The highest BCUT2D eigenvalue weighted by Crippen LogP contribution is 2.36. The first-order chi connectivity index (χ1) is 13.9. The number of methoxy groups -OCH3 is 1. The van der Waals surface area contributed by atoms with E-state index >= 15 is 0 Å². The molecule has 0 unspecified atom stereocenters. The predicted octanol–water partition coefficient (Wildman–Crippen LogP) is 4.19. The second-order valence-corrected chi connectivity index (χ2v) is 7.49. The molecule has 29 heavy (non-hydrogen) atoms. The van der Waals surface area contributed by atoms with E-state index in [9.17, 15) is 9.59 Å². The molecule has 0 fully saturated rings. The molecule has 0 aliphatic rings. The smallest absolute Gasteiger partial charge is 0.339 e. The fourth-order valence-electron chi connectivity index (χ4n) is 3.25. The van der Waals surface area contributed by atoms with Crippen molar-refractivity contribution in [3.05, 3.63) is 46.1 Å². The van der Waals surface area contributed by atoms with E-state index in [-0.39, 0.29) is 5.91 Å². The zero-order valence-electron chi connectivity index (χ0n) is 17.2. The van der Waals surface area contributed by atoms with Gasteiger partial charge in [0.2, 0.25) is 0 Å². The lowest BCUT2D eigenvalue weighted by Crippen LogP contribution is -2.23. The third-order valence-corrected chi connectivity index (χ3v) is 5.92. The van der Waals surface area contributed by atoms with Crippen LogP contribution >= 0.6 is 11.3 Å². The van der Waals surface area contributed by atoms with Crippen molar-refractivity contribution in [1.82, 2.24) is 9.97 Å². The molecule has 0 aliphatic carbocycles. The van der Waals surface area contributed by atoms with Gasteiger partial charge in [-0.05, 0) is 45.4 Å². The van der Waals surface area contributed by atoms with E-state index in [0.29, 0.717) is 22.0 Å². The maximum atomic E-state index is 13.1. The molecule has 8 heteroatoms. The Labute approximate surface area is 173 Å². The van der Waals surface area contributed by atoms with Crippen molar-refractivity contribution in [3.8, 4) is 0 Å². The number of amides is 1. The van der Waals surface area contributed by atoms with Gasteiger partial charge in [-0.25, -0.2) is 14.8 Å². The Morgan fingerprint density at radius 2 is 1.83 bits per heavy atom. The largest absolute Gasteiger partial charge is 0.465 e. The van der Waals surface area contributed by atoms with Crippen LogP contribution in [0.1, 0.15) is 45.3 Å². The molecule has 0 radical (unpaired) electrons. The molecular formula is C21H24N4O3S. The normalized spacial score (nSPS) is 10.8. The van der Waals surface area contributed by atoms with Gasteiger partial charge in [0.15, 0.2) is 0 Å².